The molecule has 0 aromatic carbocycles. The third-order valence-electron chi connectivity index (χ3n) is 5.31. The normalized spacial score (nSPS) is 35.1. The minimum Gasteiger partial charge on any atom is -0.312 e. The molecule has 112 valence electrons. The Morgan fingerprint density at radius 1 is 1.11 bits per heavy atom. The van der Waals surface area contributed by atoms with Gasteiger partial charge in [-0.05, 0) is 43.2 Å². The molecule has 0 amide bonds. The van der Waals surface area contributed by atoms with Crippen molar-refractivity contribution in [2.75, 3.05) is 26.2 Å². The second-order valence-electron chi connectivity index (χ2n) is 8.01. The number of nitrogens with zero attached hydrogens (tertiary/aromatic N) is 1. The van der Waals surface area contributed by atoms with Gasteiger partial charge in [0.1, 0.15) is 0 Å². The van der Waals surface area contributed by atoms with Gasteiger partial charge in [-0.1, -0.05) is 47.0 Å². The zero-order valence-corrected chi connectivity index (χ0v) is 13.5. The molecule has 1 aliphatic heterocycles. The quantitative estimate of drug-likeness (QED) is 0.822. The maximum atomic E-state index is 3.76. The zero-order valence-electron chi connectivity index (χ0n) is 13.5. The molecule has 1 saturated carbocycles. The molecule has 3 atom stereocenters. The molecule has 2 heteroatoms. The fourth-order valence-electron chi connectivity index (χ4n) is 3.73. The van der Waals surface area contributed by atoms with Gasteiger partial charge in [-0.2, -0.15) is 0 Å². The largest absolute Gasteiger partial charge is 0.312 e. The topological polar surface area (TPSA) is 15.3 Å². The first-order valence-corrected chi connectivity index (χ1v) is 8.42. The van der Waals surface area contributed by atoms with Crippen LogP contribution in [-0.2, 0) is 0 Å². The average molecular weight is 266 g/mol. The van der Waals surface area contributed by atoms with Gasteiger partial charge in [0.15, 0.2) is 0 Å². The Morgan fingerprint density at radius 2 is 1.84 bits per heavy atom. The van der Waals surface area contributed by atoms with Crippen LogP contribution in [-0.4, -0.2) is 37.1 Å². The monoisotopic (exact) mass is 266 g/mol. The highest BCUT2D eigenvalue weighted by atomic mass is 15.2. The van der Waals surface area contributed by atoms with Crippen molar-refractivity contribution in [2.24, 2.45) is 17.3 Å². The van der Waals surface area contributed by atoms with Crippen LogP contribution < -0.4 is 5.32 Å². The van der Waals surface area contributed by atoms with E-state index in [0.717, 1.165) is 11.8 Å². The van der Waals surface area contributed by atoms with Crippen LogP contribution in [0.25, 0.3) is 0 Å². The molecule has 1 saturated heterocycles. The molecule has 0 bridgehead atoms. The summed E-state index contributed by atoms with van der Waals surface area (Å²) in [5.74, 6) is 1.89. The van der Waals surface area contributed by atoms with Crippen molar-refractivity contribution in [1.29, 1.82) is 0 Å². The summed E-state index contributed by atoms with van der Waals surface area (Å²) in [4.78, 5) is 2.75. The highest BCUT2D eigenvalue weighted by Crippen LogP contribution is 2.31. The maximum absolute atomic E-state index is 3.76. The van der Waals surface area contributed by atoms with Crippen LogP contribution >= 0.6 is 0 Å². The maximum Gasteiger partial charge on any atom is 0.0243 e. The van der Waals surface area contributed by atoms with Gasteiger partial charge in [0.05, 0.1) is 0 Å². The van der Waals surface area contributed by atoms with Crippen LogP contribution in [0.5, 0.6) is 0 Å². The predicted molar refractivity (Wildman–Crippen MR) is 83.4 cm³/mol. The SMILES string of the molecule is CC1CCCCC1CN1CCCNC(C(C)(C)C)C1. The molecule has 1 aliphatic carbocycles. The molecule has 0 aromatic rings. The number of hydrogen-bond acceptors (Lipinski definition) is 2. The first kappa shape index (κ1) is 15.3. The first-order valence-electron chi connectivity index (χ1n) is 8.42. The highest BCUT2D eigenvalue weighted by molar-refractivity contribution is 4.87. The average Bonchev–Trinajstić information content (AvgIpc) is 2.57. The van der Waals surface area contributed by atoms with Gasteiger partial charge in [-0.15, -0.1) is 0 Å². The summed E-state index contributed by atoms with van der Waals surface area (Å²) in [6.45, 7) is 14.7. The highest BCUT2D eigenvalue weighted by Gasteiger charge is 2.30. The van der Waals surface area contributed by atoms with E-state index in [9.17, 15) is 0 Å². The number of rotatable bonds is 2. The number of hydrogen-bond donors (Lipinski definition) is 1. The summed E-state index contributed by atoms with van der Waals surface area (Å²) in [5, 5.41) is 3.76. The van der Waals surface area contributed by atoms with E-state index in [2.05, 4.69) is 37.9 Å². The summed E-state index contributed by atoms with van der Waals surface area (Å²) >= 11 is 0. The van der Waals surface area contributed by atoms with Gasteiger partial charge < -0.3 is 10.2 Å². The Balaban J connectivity index is 1.91. The van der Waals surface area contributed by atoms with Crippen LogP contribution in [0, 0.1) is 17.3 Å². The van der Waals surface area contributed by atoms with Crippen LogP contribution in [0.2, 0.25) is 0 Å². The standard InChI is InChI=1S/C17H34N2/c1-14-8-5-6-9-15(14)12-19-11-7-10-18-16(13-19)17(2,3)4/h14-16,18H,5-13H2,1-4H3. The van der Waals surface area contributed by atoms with Gasteiger partial charge in [0, 0.05) is 19.1 Å². The van der Waals surface area contributed by atoms with E-state index in [1.54, 1.807) is 0 Å². The van der Waals surface area contributed by atoms with E-state index >= 15 is 0 Å². The smallest absolute Gasteiger partial charge is 0.0243 e. The predicted octanol–water partition coefficient (Wildman–Crippen LogP) is 3.52. The molecule has 0 aromatic heterocycles. The van der Waals surface area contributed by atoms with Crippen LogP contribution in [0.3, 0.4) is 0 Å². The van der Waals surface area contributed by atoms with Crippen LogP contribution in [0.4, 0.5) is 0 Å². The first-order chi connectivity index (χ1) is 8.97. The van der Waals surface area contributed by atoms with Crippen molar-refractivity contribution in [3.63, 3.8) is 0 Å². The minimum atomic E-state index is 0.376. The number of nitrogens with one attached hydrogen (secondary N) is 1. The Hall–Kier alpha value is -0.0800. The van der Waals surface area contributed by atoms with Crippen LogP contribution in [0.15, 0.2) is 0 Å². The van der Waals surface area contributed by atoms with Gasteiger partial charge in [-0.25, -0.2) is 0 Å². The molecule has 0 radical (unpaired) electrons. The summed E-state index contributed by atoms with van der Waals surface area (Å²) in [6.07, 6.45) is 7.16. The fourth-order valence-corrected chi connectivity index (χ4v) is 3.73. The lowest BCUT2D eigenvalue weighted by molar-refractivity contribution is 0.138. The summed E-state index contributed by atoms with van der Waals surface area (Å²) < 4.78 is 0. The molecule has 3 unspecified atom stereocenters. The van der Waals surface area contributed by atoms with E-state index in [1.807, 2.05) is 0 Å². The third-order valence-corrected chi connectivity index (χ3v) is 5.31. The minimum absolute atomic E-state index is 0.376. The molecule has 1 heterocycles. The van der Waals surface area contributed by atoms with Crippen LogP contribution in [0.1, 0.15) is 59.8 Å². The molecular weight excluding hydrogens is 232 g/mol. The molecular formula is C17H34N2. The molecule has 19 heavy (non-hydrogen) atoms. The Labute approximate surface area is 120 Å². The lowest BCUT2D eigenvalue weighted by atomic mass is 9.80. The van der Waals surface area contributed by atoms with Crippen molar-refractivity contribution < 1.29 is 0 Å². The molecule has 1 N–H and O–H groups in total. The second-order valence-corrected chi connectivity index (χ2v) is 8.01. The van der Waals surface area contributed by atoms with E-state index in [4.69, 9.17) is 0 Å². The summed E-state index contributed by atoms with van der Waals surface area (Å²) in [7, 11) is 0. The second kappa shape index (κ2) is 6.58. The Morgan fingerprint density at radius 3 is 2.53 bits per heavy atom. The lowest BCUT2D eigenvalue weighted by Crippen LogP contribution is -2.47. The lowest BCUT2D eigenvalue weighted by Gasteiger charge is -2.37. The van der Waals surface area contributed by atoms with E-state index in [-0.39, 0.29) is 0 Å². The van der Waals surface area contributed by atoms with Crippen molar-refractivity contribution in [1.82, 2.24) is 10.2 Å². The van der Waals surface area contributed by atoms with E-state index < -0.39 is 0 Å². The van der Waals surface area contributed by atoms with Gasteiger partial charge >= 0.3 is 0 Å². The molecule has 2 aliphatic rings. The zero-order chi connectivity index (χ0) is 13.9. The Kier molecular flexibility index (Phi) is 5.30. The van der Waals surface area contributed by atoms with Gasteiger partial charge in [-0.3, -0.25) is 0 Å². The van der Waals surface area contributed by atoms with E-state index in [0.29, 0.717) is 11.5 Å². The third kappa shape index (κ3) is 4.46. The Bertz CT molecular complexity index is 269. The molecule has 0 spiro atoms. The fraction of sp³-hybridized carbons (Fsp3) is 1.00. The van der Waals surface area contributed by atoms with Gasteiger partial charge in [0.2, 0.25) is 0 Å². The molecule has 2 fully saturated rings. The molecule has 2 nitrogen and oxygen atoms in total. The molecule has 2 rings (SSSR count). The van der Waals surface area contributed by atoms with Gasteiger partial charge in [0.25, 0.3) is 0 Å². The van der Waals surface area contributed by atoms with E-state index in [1.165, 1.54) is 58.3 Å². The van der Waals surface area contributed by atoms with Crippen molar-refractivity contribution >= 4 is 0 Å². The summed E-state index contributed by atoms with van der Waals surface area (Å²) in [5.41, 5.74) is 0.376. The van der Waals surface area contributed by atoms with Crippen molar-refractivity contribution in [3.05, 3.63) is 0 Å². The summed E-state index contributed by atoms with van der Waals surface area (Å²) in [6, 6.07) is 0.647. The van der Waals surface area contributed by atoms with Crippen molar-refractivity contribution in [3.8, 4) is 0 Å². The van der Waals surface area contributed by atoms with Crippen molar-refractivity contribution in [2.45, 2.75) is 65.8 Å².